The highest BCUT2D eigenvalue weighted by Crippen LogP contribution is 2.44. The number of nitrogens with zero attached hydrogens (tertiary/aromatic N) is 3. The molecule has 0 aromatic heterocycles. The average molecular weight is 317 g/mol. The Morgan fingerprint density at radius 3 is 1.74 bits per heavy atom. The molecule has 2 aromatic rings. The molecule has 0 saturated carbocycles. The first-order chi connectivity index (χ1) is 10.7. The van der Waals surface area contributed by atoms with Crippen molar-refractivity contribution in [2.24, 2.45) is 0 Å². The maximum atomic E-state index is 11.4. The highest BCUT2D eigenvalue weighted by Gasteiger charge is 2.37. The Bertz CT molecular complexity index is 829. The van der Waals surface area contributed by atoms with Crippen LogP contribution < -0.4 is 0 Å². The number of benzene rings is 2. The molecule has 2 rings (SSSR count). The first kappa shape index (κ1) is 16.0. The molecule has 0 aliphatic heterocycles. The van der Waals surface area contributed by atoms with Gasteiger partial charge in [0.1, 0.15) is 5.56 Å². The van der Waals surface area contributed by atoms with Crippen LogP contribution in [0.2, 0.25) is 0 Å². The van der Waals surface area contributed by atoms with Gasteiger partial charge in [-0.1, -0.05) is 29.8 Å². The summed E-state index contributed by atoms with van der Waals surface area (Å²) in [5, 5.41) is 33.7. The molecule has 0 spiro atoms. The minimum absolute atomic E-state index is 0.154. The molecule has 0 N–H and O–H groups in total. The minimum Gasteiger partial charge on any atom is -0.258 e. The van der Waals surface area contributed by atoms with Gasteiger partial charge in [-0.25, -0.2) is 0 Å². The number of rotatable bonds is 4. The van der Waals surface area contributed by atoms with Crippen molar-refractivity contribution in [2.75, 3.05) is 0 Å². The van der Waals surface area contributed by atoms with Gasteiger partial charge in [0, 0.05) is 6.07 Å². The molecule has 0 aliphatic carbocycles. The van der Waals surface area contributed by atoms with Gasteiger partial charge in [-0.05, 0) is 19.4 Å². The van der Waals surface area contributed by atoms with E-state index < -0.39 is 31.8 Å². The zero-order valence-corrected chi connectivity index (χ0v) is 12.2. The van der Waals surface area contributed by atoms with Crippen molar-refractivity contribution in [3.8, 4) is 11.1 Å². The fourth-order valence-electron chi connectivity index (χ4n) is 2.29. The third-order valence-corrected chi connectivity index (χ3v) is 3.42. The number of nitro benzene ring substituents is 3. The van der Waals surface area contributed by atoms with E-state index in [9.17, 15) is 30.3 Å². The summed E-state index contributed by atoms with van der Waals surface area (Å²) in [5.41, 5.74) is -1.46. The highest BCUT2D eigenvalue weighted by molar-refractivity contribution is 5.84. The van der Waals surface area contributed by atoms with E-state index >= 15 is 0 Å². The lowest BCUT2D eigenvalue weighted by atomic mass is 9.98. The van der Waals surface area contributed by atoms with Gasteiger partial charge in [-0.3, -0.25) is 30.3 Å². The Balaban J connectivity index is 2.94. The Hall–Kier alpha value is -3.36. The van der Waals surface area contributed by atoms with Crippen molar-refractivity contribution in [2.45, 2.75) is 13.8 Å². The summed E-state index contributed by atoms with van der Waals surface area (Å²) < 4.78 is 0. The van der Waals surface area contributed by atoms with Crippen LogP contribution >= 0.6 is 0 Å². The van der Waals surface area contributed by atoms with Gasteiger partial charge in [-0.2, -0.15) is 0 Å². The summed E-state index contributed by atoms with van der Waals surface area (Å²) >= 11 is 0. The molecule has 0 unspecified atom stereocenters. The Labute approximate surface area is 129 Å². The van der Waals surface area contributed by atoms with Crippen LogP contribution in [0, 0.1) is 44.2 Å². The van der Waals surface area contributed by atoms with Crippen molar-refractivity contribution < 1.29 is 14.8 Å². The quantitative estimate of drug-likeness (QED) is 0.624. The molecular weight excluding hydrogens is 306 g/mol. The fraction of sp³-hybridized carbons (Fsp3) is 0.143. The normalized spacial score (nSPS) is 10.3. The van der Waals surface area contributed by atoms with E-state index in [4.69, 9.17) is 0 Å². The Morgan fingerprint density at radius 2 is 1.30 bits per heavy atom. The van der Waals surface area contributed by atoms with Crippen molar-refractivity contribution in [1.29, 1.82) is 0 Å². The molecule has 0 amide bonds. The molecular formula is C14H11N3O6. The molecule has 9 heteroatoms. The van der Waals surface area contributed by atoms with Crippen molar-refractivity contribution in [3.63, 3.8) is 0 Å². The monoisotopic (exact) mass is 317 g/mol. The van der Waals surface area contributed by atoms with Gasteiger partial charge in [-0.15, -0.1) is 0 Å². The smallest absolute Gasteiger partial charge is 0.258 e. The number of hydrogen-bond acceptors (Lipinski definition) is 6. The maximum Gasteiger partial charge on any atom is 0.356 e. The lowest BCUT2D eigenvalue weighted by Gasteiger charge is -2.07. The summed E-state index contributed by atoms with van der Waals surface area (Å²) in [6.07, 6.45) is 0. The standard InChI is InChI=1S/C14H11N3O6/c1-8-3-5-10(6-4-8)11-7-12(15(18)19)9(2)13(16(20)21)14(11)17(22)23/h3-7H,1-2H3. The number of hydrogen-bond donors (Lipinski definition) is 0. The van der Waals surface area contributed by atoms with E-state index in [0.717, 1.165) is 18.6 Å². The summed E-state index contributed by atoms with van der Waals surface area (Å²) in [5.74, 6) is 0. The second-order valence-corrected chi connectivity index (χ2v) is 4.90. The Morgan fingerprint density at radius 1 is 0.783 bits per heavy atom. The van der Waals surface area contributed by atoms with E-state index in [-0.39, 0.29) is 11.1 Å². The van der Waals surface area contributed by atoms with Gasteiger partial charge in [0.05, 0.1) is 20.3 Å². The van der Waals surface area contributed by atoms with Gasteiger partial charge in [0.2, 0.25) is 0 Å². The lowest BCUT2D eigenvalue weighted by molar-refractivity contribution is -0.424. The third-order valence-electron chi connectivity index (χ3n) is 3.42. The molecule has 0 saturated heterocycles. The first-order valence-electron chi connectivity index (χ1n) is 6.41. The van der Waals surface area contributed by atoms with E-state index in [1.54, 1.807) is 19.1 Å². The maximum absolute atomic E-state index is 11.4. The van der Waals surface area contributed by atoms with Crippen LogP contribution in [0.4, 0.5) is 17.1 Å². The molecule has 0 radical (unpaired) electrons. The molecule has 9 nitrogen and oxygen atoms in total. The van der Waals surface area contributed by atoms with Crippen LogP contribution in [0.15, 0.2) is 30.3 Å². The molecule has 118 valence electrons. The van der Waals surface area contributed by atoms with Crippen molar-refractivity contribution in [3.05, 3.63) is 71.8 Å². The first-order valence-corrected chi connectivity index (χ1v) is 6.41. The predicted octanol–water partition coefficient (Wildman–Crippen LogP) is 3.70. The Kier molecular flexibility index (Phi) is 4.04. The van der Waals surface area contributed by atoms with E-state index in [1.807, 2.05) is 0 Å². The second kappa shape index (κ2) is 5.79. The lowest BCUT2D eigenvalue weighted by Crippen LogP contribution is -2.04. The molecule has 23 heavy (non-hydrogen) atoms. The van der Waals surface area contributed by atoms with Gasteiger partial charge in [0.25, 0.3) is 5.69 Å². The highest BCUT2D eigenvalue weighted by atomic mass is 16.6. The van der Waals surface area contributed by atoms with E-state index in [2.05, 4.69) is 0 Å². The predicted molar refractivity (Wildman–Crippen MR) is 81.3 cm³/mol. The number of nitro groups is 3. The van der Waals surface area contributed by atoms with Crippen LogP contribution in [-0.2, 0) is 0 Å². The van der Waals surface area contributed by atoms with Crippen LogP contribution in [0.1, 0.15) is 11.1 Å². The van der Waals surface area contributed by atoms with Crippen LogP contribution in [0.5, 0.6) is 0 Å². The molecule has 0 bridgehead atoms. The molecule has 0 fully saturated rings. The summed E-state index contributed by atoms with van der Waals surface area (Å²) in [7, 11) is 0. The second-order valence-electron chi connectivity index (χ2n) is 4.90. The summed E-state index contributed by atoms with van der Waals surface area (Å²) in [6.45, 7) is 2.93. The largest absolute Gasteiger partial charge is 0.356 e. The van der Waals surface area contributed by atoms with Gasteiger partial charge in [0.15, 0.2) is 0 Å². The minimum atomic E-state index is -0.960. The van der Waals surface area contributed by atoms with E-state index in [1.165, 1.54) is 12.1 Å². The summed E-state index contributed by atoms with van der Waals surface area (Å²) in [4.78, 5) is 31.1. The van der Waals surface area contributed by atoms with Crippen LogP contribution in [0.25, 0.3) is 11.1 Å². The average Bonchev–Trinajstić information content (AvgIpc) is 2.46. The molecule has 2 aromatic carbocycles. The SMILES string of the molecule is Cc1ccc(-c2cc([N+](=O)[O-])c(C)c([N+](=O)[O-])c2[N+](=O)[O-])cc1. The third kappa shape index (κ3) is 2.84. The van der Waals surface area contributed by atoms with Crippen LogP contribution in [0.3, 0.4) is 0 Å². The topological polar surface area (TPSA) is 129 Å². The zero-order valence-electron chi connectivity index (χ0n) is 12.2. The van der Waals surface area contributed by atoms with Gasteiger partial charge < -0.3 is 0 Å². The molecule has 0 atom stereocenters. The van der Waals surface area contributed by atoms with Crippen molar-refractivity contribution in [1.82, 2.24) is 0 Å². The van der Waals surface area contributed by atoms with E-state index in [0.29, 0.717) is 5.56 Å². The van der Waals surface area contributed by atoms with Crippen molar-refractivity contribution >= 4 is 17.1 Å². The van der Waals surface area contributed by atoms with Gasteiger partial charge >= 0.3 is 11.4 Å². The van der Waals surface area contributed by atoms with Crippen LogP contribution in [-0.4, -0.2) is 14.8 Å². The summed E-state index contributed by atoms with van der Waals surface area (Å²) in [6, 6.07) is 7.39. The zero-order chi connectivity index (χ0) is 17.3. The molecule has 0 aliphatic rings. The number of aryl methyl sites for hydroxylation is 1. The fourth-order valence-corrected chi connectivity index (χ4v) is 2.29. The molecule has 0 heterocycles.